The summed E-state index contributed by atoms with van der Waals surface area (Å²) in [5.74, 6) is -0.0257. The molecule has 1 aromatic carbocycles. The number of hydrogen-bond donors (Lipinski definition) is 2. The average Bonchev–Trinajstić information content (AvgIpc) is 2.27. The van der Waals surface area contributed by atoms with Gasteiger partial charge in [-0.25, -0.2) is 0 Å². The number of ketones is 1. The summed E-state index contributed by atoms with van der Waals surface area (Å²) in [5, 5.41) is 9.49. The SMILES string of the molecule is CCC(=O)c1cc(C=CCN)ccc1O. The molecular weight excluding hydrogens is 190 g/mol. The van der Waals surface area contributed by atoms with Gasteiger partial charge in [0.05, 0.1) is 5.56 Å². The van der Waals surface area contributed by atoms with Crippen molar-refractivity contribution in [1.82, 2.24) is 0 Å². The Bertz CT molecular complexity index is 383. The zero-order valence-electron chi connectivity index (χ0n) is 8.73. The predicted molar refractivity (Wildman–Crippen MR) is 60.8 cm³/mol. The first kappa shape index (κ1) is 11.5. The number of phenolic OH excluding ortho intramolecular Hbond substituents is 1. The van der Waals surface area contributed by atoms with Gasteiger partial charge >= 0.3 is 0 Å². The first-order chi connectivity index (χ1) is 7.19. The third kappa shape index (κ3) is 2.92. The van der Waals surface area contributed by atoms with Crippen molar-refractivity contribution in [2.75, 3.05) is 6.54 Å². The van der Waals surface area contributed by atoms with E-state index in [-0.39, 0.29) is 11.5 Å². The molecule has 0 saturated heterocycles. The van der Waals surface area contributed by atoms with Crippen LogP contribution in [0.1, 0.15) is 29.3 Å². The van der Waals surface area contributed by atoms with E-state index in [0.717, 1.165) is 5.56 Å². The van der Waals surface area contributed by atoms with Gasteiger partial charge in [0.2, 0.25) is 0 Å². The van der Waals surface area contributed by atoms with E-state index in [1.54, 1.807) is 25.1 Å². The molecule has 0 bridgehead atoms. The molecule has 0 saturated carbocycles. The fourth-order valence-corrected chi connectivity index (χ4v) is 1.28. The maximum absolute atomic E-state index is 11.5. The molecule has 0 aliphatic rings. The van der Waals surface area contributed by atoms with Crippen molar-refractivity contribution in [1.29, 1.82) is 0 Å². The normalized spacial score (nSPS) is 10.8. The maximum atomic E-state index is 11.5. The Labute approximate surface area is 89.2 Å². The molecule has 0 unspecified atom stereocenters. The van der Waals surface area contributed by atoms with Crippen LogP contribution in [0.5, 0.6) is 5.75 Å². The van der Waals surface area contributed by atoms with Gasteiger partial charge in [0, 0.05) is 13.0 Å². The van der Waals surface area contributed by atoms with Crippen LogP contribution in [0.2, 0.25) is 0 Å². The van der Waals surface area contributed by atoms with Crippen molar-refractivity contribution in [3.05, 3.63) is 35.4 Å². The summed E-state index contributed by atoms with van der Waals surface area (Å²) < 4.78 is 0. The Morgan fingerprint density at radius 2 is 2.27 bits per heavy atom. The molecule has 0 spiro atoms. The quantitative estimate of drug-likeness (QED) is 0.738. The third-order valence-electron chi connectivity index (χ3n) is 2.09. The monoisotopic (exact) mass is 205 g/mol. The van der Waals surface area contributed by atoms with E-state index in [0.29, 0.717) is 18.5 Å². The highest BCUT2D eigenvalue weighted by Crippen LogP contribution is 2.20. The van der Waals surface area contributed by atoms with Gasteiger partial charge < -0.3 is 10.8 Å². The highest BCUT2D eigenvalue weighted by Gasteiger charge is 2.08. The number of rotatable bonds is 4. The summed E-state index contributed by atoms with van der Waals surface area (Å²) in [7, 11) is 0. The van der Waals surface area contributed by atoms with Crippen LogP contribution in [0.15, 0.2) is 24.3 Å². The lowest BCUT2D eigenvalue weighted by molar-refractivity contribution is 0.0985. The van der Waals surface area contributed by atoms with Gasteiger partial charge in [-0.3, -0.25) is 4.79 Å². The second-order valence-corrected chi connectivity index (χ2v) is 3.19. The molecule has 0 aliphatic heterocycles. The van der Waals surface area contributed by atoms with E-state index in [9.17, 15) is 9.90 Å². The number of benzene rings is 1. The van der Waals surface area contributed by atoms with Gasteiger partial charge in [0.1, 0.15) is 5.75 Å². The molecule has 3 N–H and O–H groups in total. The molecule has 0 fully saturated rings. The molecule has 1 aromatic rings. The lowest BCUT2D eigenvalue weighted by Crippen LogP contribution is -1.97. The van der Waals surface area contributed by atoms with Crippen LogP contribution in [-0.2, 0) is 0 Å². The first-order valence-electron chi connectivity index (χ1n) is 4.91. The molecule has 3 heteroatoms. The summed E-state index contributed by atoms with van der Waals surface area (Å²) in [5.41, 5.74) is 6.57. The van der Waals surface area contributed by atoms with E-state index >= 15 is 0 Å². The predicted octanol–water partition coefficient (Wildman–Crippen LogP) is 1.96. The van der Waals surface area contributed by atoms with Crippen LogP contribution >= 0.6 is 0 Å². The molecule has 3 nitrogen and oxygen atoms in total. The average molecular weight is 205 g/mol. The fraction of sp³-hybridized carbons (Fsp3) is 0.250. The minimum atomic E-state index is -0.0597. The van der Waals surface area contributed by atoms with Gasteiger partial charge in [0.15, 0.2) is 5.78 Å². The minimum Gasteiger partial charge on any atom is -0.507 e. The van der Waals surface area contributed by atoms with Crippen LogP contribution in [0.4, 0.5) is 0 Å². The Morgan fingerprint density at radius 1 is 1.53 bits per heavy atom. The largest absolute Gasteiger partial charge is 0.507 e. The Morgan fingerprint density at radius 3 is 2.87 bits per heavy atom. The van der Waals surface area contributed by atoms with Crippen molar-refractivity contribution in [3.63, 3.8) is 0 Å². The van der Waals surface area contributed by atoms with E-state index in [1.165, 1.54) is 6.07 Å². The van der Waals surface area contributed by atoms with Crippen LogP contribution in [-0.4, -0.2) is 17.4 Å². The third-order valence-corrected chi connectivity index (χ3v) is 2.09. The van der Waals surface area contributed by atoms with Crippen LogP contribution in [0, 0.1) is 0 Å². The molecule has 0 radical (unpaired) electrons. The topological polar surface area (TPSA) is 63.3 Å². The summed E-state index contributed by atoms with van der Waals surface area (Å²) in [6.07, 6.45) is 4.01. The van der Waals surface area contributed by atoms with Crippen LogP contribution in [0.3, 0.4) is 0 Å². The van der Waals surface area contributed by atoms with Gasteiger partial charge in [0.25, 0.3) is 0 Å². The standard InChI is InChI=1S/C12H15NO2/c1-2-11(14)10-8-9(4-3-7-13)5-6-12(10)15/h3-6,8,15H,2,7,13H2,1H3. The number of hydrogen-bond acceptors (Lipinski definition) is 3. The van der Waals surface area contributed by atoms with Crippen LogP contribution in [0.25, 0.3) is 6.08 Å². The summed E-state index contributed by atoms with van der Waals surface area (Å²) in [6, 6.07) is 4.94. The second-order valence-electron chi connectivity index (χ2n) is 3.19. The summed E-state index contributed by atoms with van der Waals surface area (Å²) in [4.78, 5) is 11.5. The van der Waals surface area contributed by atoms with E-state index in [2.05, 4.69) is 0 Å². The van der Waals surface area contributed by atoms with Crippen LogP contribution < -0.4 is 5.73 Å². The molecule has 1 rings (SSSR count). The van der Waals surface area contributed by atoms with Gasteiger partial charge in [-0.2, -0.15) is 0 Å². The molecule has 15 heavy (non-hydrogen) atoms. The fourth-order valence-electron chi connectivity index (χ4n) is 1.28. The first-order valence-corrected chi connectivity index (χ1v) is 4.91. The summed E-state index contributed by atoms with van der Waals surface area (Å²) in [6.45, 7) is 2.22. The highest BCUT2D eigenvalue weighted by molar-refractivity contribution is 5.98. The van der Waals surface area contributed by atoms with Crippen molar-refractivity contribution < 1.29 is 9.90 Å². The molecule has 0 amide bonds. The number of carbonyl (C=O) groups is 1. The second kappa shape index (κ2) is 5.32. The van der Waals surface area contributed by atoms with Crippen molar-refractivity contribution in [2.24, 2.45) is 5.73 Å². The molecule has 0 aliphatic carbocycles. The zero-order valence-corrected chi connectivity index (χ0v) is 8.73. The number of nitrogens with two attached hydrogens (primary N) is 1. The lowest BCUT2D eigenvalue weighted by Gasteiger charge is -2.03. The molecule has 0 heterocycles. The Hall–Kier alpha value is -1.61. The van der Waals surface area contributed by atoms with E-state index < -0.39 is 0 Å². The smallest absolute Gasteiger partial charge is 0.166 e. The molecule has 0 atom stereocenters. The molecule has 80 valence electrons. The van der Waals surface area contributed by atoms with E-state index in [1.807, 2.05) is 6.08 Å². The molecule has 0 aromatic heterocycles. The lowest BCUT2D eigenvalue weighted by atomic mass is 10.0. The van der Waals surface area contributed by atoms with Gasteiger partial charge in [-0.15, -0.1) is 0 Å². The van der Waals surface area contributed by atoms with Gasteiger partial charge in [-0.05, 0) is 17.7 Å². The van der Waals surface area contributed by atoms with Crippen molar-refractivity contribution in [3.8, 4) is 5.75 Å². The van der Waals surface area contributed by atoms with Gasteiger partial charge in [-0.1, -0.05) is 25.1 Å². The zero-order chi connectivity index (χ0) is 11.3. The van der Waals surface area contributed by atoms with Crippen molar-refractivity contribution in [2.45, 2.75) is 13.3 Å². The number of Topliss-reactive ketones (excluding diaryl/α,β-unsaturated/α-hetero) is 1. The van der Waals surface area contributed by atoms with E-state index in [4.69, 9.17) is 5.73 Å². The minimum absolute atomic E-state index is 0.0340. The summed E-state index contributed by atoms with van der Waals surface area (Å²) >= 11 is 0. The number of phenols is 1. The maximum Gasteiger partial charge on any atom is 0.166 e. The van der Waals surface area contributed by atoms with Crippen molar-refractivity contribution >= 4 is 11.9 Å². The highest BCUT2D eigenvalue weighted by atomic mass is 16.3. The Balaban J connectivity index is 3.05. The number of aromatic hydroxyl groups is 1. The Kier molecular flexibility index (Phi) is 4.06. The molecular formula is C12H15NO2. The number of carbonyl (C=O) groups excluding carboxylic acids is 1.